The molecule has 0 amide bonds. The standard InChI is InChI=1S/C31H34BrOP/c32-34(29-19-9-4-10-20-29,30-21-11-5-12-22-30,31-23-13-6-14-24-31)26-16-2-1-15-25-33-27-28-17-7-3-8-18-28/h3-14,17-24H,1-2,15-16,25-27H2. The van der Waals surface area contributed by atoms with E-state index >= 15 is 0 Å². The summed E-state index contributed by atoms with van der Waals surface area (Å²) in [5, 5.41) is 1.42. The van der Waals surface area contributed by atoms with Crippen LogP contribution >= 0.6 is 20.8 Å². The summed E-state index contributed by atoms with van der Waals surface area (Å²) in [4.78, 5) is 0. The summed E-state index contributed by atoms with van der Waals surface area (Å²) in [7, 11) is 0. The fourth-order valence-corrected chi connectivity index (χ4v) is 12.5. The van der Waals surface area contributed by atoms with Crippen LogP contribution < -0.4 is 15.9 Å². The molecule has 3 heteroatoms. The molecule has 176 valence electrons. The van der Waals surface area contributed by atoms with Crippen molar-refractivity contribution < 1.29 is 4.74 Å². The van der Waals surface area contributed by atoms with E-state index in [4.69, 9.17) is 4.74 Å². The van der Waals surface area contributed by atoms with E-state index in [9.17, 15) is 0 Å². The Bertz CT molecular complexity index is 1020. The normalized spacial score (nSPS) is 12.7. The molecule has 4 aromatic rings. The van der Waals surface area contributed by atoms with Crippen molar-refractivity contribution in [2.45, 2.75) is 32.3 Å². The molecule has 0 aromatic heterocycles. The van der Waals surface area contributed by atoms with E-state index in [-0.39, 0.29) is 0 Å². The Hall–Kier alpha value is -2.25. The zero-order valence-corrected chi connectivity index (χ0v) is 22.2. The van der Waals surface area contributed by atoms with Gasteiger partial charge in [0.05, 0.1) is 0 Å². The molecule has 0 bridgehead atoms. The van der Waals surface area contributed by atoms with E-state index in [0.29, 0.717) is 6.61 Å². The molecule has 0 aliphatic carbocycles. The van der Waals surface area contributed by atoms with Crippen molar-refractivity contribution in [1.82, 2.24) is 0 Å². The van der Waals surface area contributed by atoms with Crippen molar-refractivity contribution in [3.63, 3.8) is 0 Å². The topological polar surface area (TPSA) is 9.23 Å². The summed E-state index contributed by atoms with van der Waals surface area (Å²) in [5.74, 6) is 0. The van der Waals surface area contributed by atoms with E-state index in [1.165, 1.54) is 40.7 Å². The van der Waals surface area contributed by atoms with Crippen molar-refractivity contribution >= 4 is 36.7 Å². The minimum atomic E-state index is -2.78. The van der Waals surface area contributed by atoms with E-state index in [0.717, 1.165) is 19.2 Å². The van der Waals surface area contributed by atoms with Crippen LogP contribution in [0.5, 0.6) is 0 Å². The third-order valence-corrected chi connectivity index (χ3v) is 16.6. The minimum absolute atomic E-state index is 0.703. The Morgan fingerprint density at radius 1 is 0.500 bits per heavy atom. The first-order chi connectivity index (χ1) is 16.7. The summed E-state index contributed by atoms with van der Waals surface area (Å²) < 4.78 is 5.89. The summed E-state index contributed by atoms with van der Waals surface area (Å²) in [5.41, 5.74) is 1.24. The number of hydrogen-bond donors (Lipinski definition) is 0. The Morgan fingerprint density at radius 3 is 1.38 bits per heavy atom. The first-order valence-electron chi connectivity index (χ1n) is 12.2. The van der Waals surface area contributed by atoms with E-state index in [2.05, 4.69) is 131 Å². The summed E-state index contributed by atoms with van der Waals surface area (Å²) in [6.45, 7) is 1.53. The number of unbranched alkanes of at least 4 members (excludes halogenated alkanes) is 3. The molecular formula is C31H34BrOP. The summed E-state index contributed by atoms with van der Waals surface area (Å²) in [6.07, 6.45) is 5.76. The van der Waals surface area contributed by atoms with Gasteiger partial charge in [-0.3, -0.25) is 0 Å². The molecular weight excluding hydrogens is 499 g/mol. The van der Waals surface area contributed by atoms with Crippen molar-refractivity contribution in [2.75, 3.05) is 12.8 Å². The quantitative estimate of drug-likeness (QED) is 0.135. The molecule has 4 rings (SSSR count). The Labute approximate surface area is 212 Å². The first-order valence-corrected chi connectivity index (χ1v) is 16.7. The molecule has 34 heavy (non-hydrogen) atoms. The van der Waals surface area contributed by atoms with Gasteiger partial charge in [0.1, 0.15) is 0 Å². The maximum atomic E-state index is 5.89. The molecule has 0 fully saturated rings. The van der Waals surface area contributed by atoms with Crippen molar-refractivity contribution in [3.05, 3.63) is 127 Å². The molecule has 0 unspecified atom stereocenters. The Kier molecular flexibility index (Phi) is 8.73. The van der Waals surface area contributed by atoms with Gasteiger partial charge < -0.3 is 0 Å². The Morgan fingerprint density at radius 2 is 0.912 bits per heavy atom. The van der Waals surface area contributed by atoms with Crippen molar-refractivity contribution in [1.29, 1.82) is 0 Å². The van der Waals surface area contributed by atoms with Crippen LogP contribution in [-0.2, 0) is 11.3 Å². The zero-order chi connectivity index (χ0) is 23.6. The fourth-order valence-electron chi connectivity index (χ4n) is 4.78. The molecule has 0 heterocycles. The predicted octanol–water partition coefficient (Wildman–Crippen LogP) is 7.60. The molecule has 0 N–H and O–H groups in total. The van der Waals surface area contributed by atoms with Gasteiger partial charge >= 0.3 is 213 Å². The van der Waals surface area contributed by atoms with Crippen molar-refractivity contribution in [2.24, 2.45) is 0 Å². The molecule has 1 nitrogen and oxygen atoms in total. The van der Waals surface area contributed by atoms with Crippen LogP contribution in [0.1, 0.15) is 31.2 Å². The molecule has 0 saturated heterocycles. The van der Waals surface area contributed by atoms with E-state index in [1.54, 1.807) is 0 Å². The molecule has 0 aliphatic heterocycles. The SMILES string of the molecule is BrP(CCCCCCOCc1ccccc1)(c1ccccc1)(c1ccccc1)c1ccccc1. The van der Waals surface area contributed by atoms with Gasteiger partial charge in [0.15, 0.2) is 0 Å². The summed E-state index contributed by atoms with van der Waals surface area (Å²) in [6, 6.07) is 43.7. The second-order valence-corrected chi connectivity index (χ2v) is 17.9. The van der Waals surface area contributed by atoms with Crippen LogP contribution in [0.4, 0.5) is 0 Å². The van der Waals surface area contributed by atoms with Gasteiger partial charge in [-0.1, -0.05) is 0 Å². The number of benzene rings is 4. The van der Waals surface area contributed by atoms with Gasteiger partial charge in [0.2, 0.25) is 0 Å². The van der Waals surface area contributed by atoms with Crippen LogP contribution in [0.2, 0.25) is 0 Å². The van der Waals surface area contributed by atoms with Gasteiger partial charge in [-0.2, -0.15) is 0 Å². The molecule has 0 radical (unpaired) electrons. The third-order valence-electron chi connectivity index (χ3n) is 6.61. The van der Waals surface area contributed by atoms with Crippen LogP contribution in [0.25, 0.3) is 0 Å². The molecule has 0 aliphatic rings. The number of hydrogen-bond acceptors (Lipinski definition) is 1. The number of rotatable bonds is 12. The van der Waals surface area contributed by atoms with Crippen LogP contribution in [0.3, 0.4) is 0 Å². The average Bonchev–Trinajstić information content (AvgIpc) is 2.92. The van der Waals surface area contributed by atoms with Gasteiger partial charge in [-0.15, -0.1) is 0 Å². The average molecular weight is 533 g/mol. The maximum absolute atomic E-state index is 5.89. The number of ether oxygens (including phenoxy) is 1. The first kappa shape index (κ1) is 24.9. The molecule has 0 atom stereocenters. The molecule has 0 saturated carbocycles. The van der Waals surface area contributed by atoms with Gasteiger partial charge in [0, 0.05) is 0 Å². The fraction of sp³-hybridized carbons (Fsp3) is 0.226. The monoisotopic (exact) mass is 532 g/mol. The molecule has 0 spiro atoms. The van der Waals surface area contributed by atoms with E-state index in [1.807, 2.05) is 6.07 Å². The van der Waals surface area contributed by atoms with Gasteiger partial charge in [-0.05, 0) is 0 Å². The van der Waals surface area contributed by atoms with Crippen LogP contribution in [0, 0.1) is 0 Å². The van der Waals surface area contributed by atoms with Crippen molar-refractivity contribution in [3.8, 4) is 0 Å². The predicted molar refractivity (Wildman–Crippen MR) is 154 cm³/mol. The van der Waals surface area contributed by atoms with Crippen LogP contribution in [-0.4, -0.2) is 12.8 Å². The van der Waals surface area contributed by atoms with E-state index < -0.39 is 5.31 Å². The summed E-state index contributed by atoms with van der Waals surface area (Å²) >= 11 is 4.54. The second kappa shape index (κ2) is 11.9. The molecule has 4 aromatic carbocycles. The van der Waals surface area contributed by atoms with Gasteiger partial charge in [0.25, 0.3) is 0 Å². The van der Waals surface area contributed by atoms with Gasteiger partial charge in [-0.25, -0.2) is 0 Å². The third kappa shape index (κ3) is 5.52. The second-order valence-electron chi connectivity index (χ2n) is 8.87. The number of halogens is 1. The Balaban J connectivity index is 1.47. The zero-order valence-electron chi connectivity index (χ0n) is 19.7. The van der Waals surface area contributed by atoms with Crippen LogP contribution in [0.15, 0.2) is 121 Å².